The summed E-state index contributed by atoms with van der Waals surface area (Å²) in [5.74, 6) is 0.808. The predicted octanol–water partition coefficient (Wildman–Crippen LogP) is 2.07. The van der Waals surface area contributed by atoms with Crippen LogP contribution in [-0.2, 0) is 9.47 Å². The first-order valence-corrected chi connectivity index (χ1v) is 6.49. The number of nitrogens with one attached hydrogen (secondary N) is 1. The lowest BCUT2D eigenvalue weighted by atomic mass is 9.92. The summed E-state index contributed by atoms with van der Waals surface area (Å²) in [6, 6.07) is 0. The highest BCUT2D eigenvalue weighted by molar-refractivity contribution is 4.96. The Morgan fingerprint density at radius 2 is 1.94 bits per heavy atom. The average Bonchev–Trinajstić information content (AvgIpc) is 3.03. The summed E-state index contributed by atoms with van der Waals surface area (Å²) in [5, 5.41) is 3.50. The van der Waals surface area contributed by atoms with Crippen LogP contribution in [0.2, 0.25) is 0 Å². The van der Waals surface area contributed by atoms with Gasteiger partial charge in [-0.15, -0.1) is 0 Å². The molecule has 0 aromatic rings. The molecule has 0 heterocycles. The molecule has 0 radical (unpaired) electrons. The molecule has 1 aliphatic rings. The number of rotatable bonds is 10. The Morgan fingerprint density at radius 3 is 2.50 bits per heavy atom. The van der Waals surface area contributed by atoms with Gasteiger partial charge < -0.3 is 14.8 Å². The van der Waals surface area contributed by atoms with Crippen LogP contribution in [0.5, 0.6) is 0 Å². The standard InChI is InChI=1S/C13H27NO2/c1-12(2)13(5-6-13)11-14-7-10-16-9-4-8-15-3/h12,14H,4-11H2,1-3H3. The summed E-state index contributed by atoms with van der Waals surface area (Å²) in [5.41, 5.74) is 0.607. The van der Waals surface area contributed by atoms with E-state index >= 15 is 0 Å². The minimum atomic E-state index is 0.607. The smallest absolute Gasteiger partial charge is 0.0590 e. The highest BCUT2D eigenvalue weighted by atomic mass is 16.5. The van der Waals surface area contributed by atoms with Crippen molar-refractivity contribution >= 4 is 0 Å². The van der Waals surface area contributed by atoms with E-state index in [-0.39, 0.29) is 0 Å². The fourth-order valence-electron chi connectivity index (χ4n) is 2.01. The van der Waals surface area contributed by atoms with Crippen LogP contribution in [0.4, 0.5) is 0 Å². The first kappa shape index (κ1) is 13.9. The van der Waals surface area contributed by atoms with Gasteiger partial charge in [0.25, 0.3) is 0 Å². The van der Waals surface area contributed by atoms with Gasteiger partial charge in [-0.2, -0.15) is 0 Å². The van der Waals surface area contributed by atoms with Crippen molar-refractivity contribution in [2.45, 2.75) is 33.1 Å². The van der Waals surface area contributed by atoms with E-state index in [9.17, 15) is 0 Å². The zero-order valence-corrected chi connectivity index (χ0v) is 11.1. The zero-order chi connectivity index (χ0) is 11.9. The Bertz CT molecular complexity index is 179. The fraction of sp³-hybridized carbons (Fsp3) is 1.00. The maximum Gasteiger partial charge on any atom is 0.0590 e. The minimum absolute atomic E-state index is 0.607. The topological polar surface area (TPSA) is 30.5 Å². The van der Waals surface area contributed by atoms with Crippen molar-refractivity contribution in [1.82, 2.24) is 5.32 Å². The molecule has 1 N–H and O–H groups in total. The van der Waals surface area contributed by atoms with Crippen LogP contribution in [0.15, 0.2) is 0 Å². The molecule has 1 rings (SSSR count). The van der Waals surface area contributed by atoms with E-state index in [0.29, 0.717) is 5.41 Å². The van der Waals surface area contributed by atoms with Crippen molar-refractivity contribution < 1.29 is 9.47 Å². The Hall–Kier alpha value is -0.120. The molecule has 0 atom stereocenters. The first-order valence-electron chi connectivity index (χ1n) is 6.49. The van der Waals surface area contributed by atoms with Gasteiger partial charge in [0.1, 0.15) is 0 Å². The monoisotopic (exact) mass is 229 g/mol. The Kier molecular flexibility index (Phi) is 6.32. The molecule has 1 fully saturated rings. The van der Waals surface area contributed by atoms with E-state index in [0.717, 1.165) is 45.2 Å². The van der Waals surface area contributed by atoms with Crippen molar-refractivity contribution in [3.05, 3.63) is 0 Å². The van der Waals surface area contributed by atoms with Gasteiger partial charge in [0.05, 0.1) is 6.61 Å². The summed E-state index contributed by atoms with van der Waals surface area (Å²) in [4.78, 5) is 0. The quantitative estimate of drug-likeness (QED) is 0.582. The van der Waals surface area contributed by atoms with Crippen LogP contribution >= 0.6 is 0 Å². The maximum absolute atomic E-state index is 5.49. The lowest BCUT2D eigenvalue weighted by Gasteiger charge is -2.20. The Balaban J connectivity index is 1.85. The van der Waals surface area contributed by atoms with Gasteiger partial charge in [-0.3, -0.25) is 0 Å². The zero-order valence-electron chi connectivity index (χ0n) is 11.1. The van der Waals surface area contributed by atoms with Gasteiger partial charge in [0, 0.05) is 33.4 Å². The van der Waals surface area contributed by atoms with Crippen LogP contribution in [-0.4, -0.2) is 40.0 Å². The molecule has 0 aromatic heterocycles. The lowest BCUT2D eigenvalue weighted by Crippen LogP contribution is -2.30. The lowest BCUT2D eigenvalue weighted by molar-refractivity contribution is 0.103. The van der Waals surface area contributed by atoms with Crippen molar-refractivity contribution in [2.24, 2.45) is 11.3 Å². The van der Waals surface area contributed by atoms with Gasteiger partial charge in [-0.1, -0.05) is 13.8 Å². The molecule has 0 spiro atoms. The third kappa shape index (κ3) is 4.81. The summed E-state index contributed by atoms with van der Waals surface area (Å²) in [7, 11) is 1.72. The SMILES string of the molecule is COCCCOCCNCC1(C(C)C)CC1. The number of methoxy groups -OCH3 is 1. The van der Waals surface area contributed by atoms with Crippen LogP contribution in [0.25, 0.3) is 0 Å². The first-order chi connectivity index (χ1) is 7.71. The molecule has 16 heavy (non-hydrogen) atoms. The van der Waals surface area contributed by atoms with Crippen LogP contribution < -0.4 is 5.32 Å². The van der Waals surface area contributed by atoms with E-state index in [4.69, 9.17) is 9.47 Å². The third-order valence-corrected chi connectivity index (χ3v) is 3.65. The average molecular weight is 229 g/mol. The highest BCUT2D eigenvalue weighted by Gasteiger charge is 2.44. The summed E-state index contributed by atoms with van der Waals surface area (Å²) in [6.45, 7) is 9.21. The maximum atomic E-state index is 5.49. The normalized spacial score (nSPS) is 18.0. The van der Waals surface area contributed by atoms with Crippen molar-refractivity contribution in [3.63, 3.8) is 0 Å². The molecule has 3 nitrogen and oxygen atoms in total. The van der Waals surface area contributed by atoms with E-state index in [2.05, 4.69) is 19.2 Å². The molecular weight excluding hydrogens is 202 g/mol. The molecule has 0 aliphatic heterocycles. The van der Waals surface area contributed by atoms with Gasteiger partial charge in [-0.05, 0) is 30.6 Å². The molecule has 1 saturated carbocycles. The summed E-state index contributed by atoms with van der Waals surface area (Å²) < 4.78 is 10.4. The molecule has 96 valence electrons. The molecular formula is C13H27NO2. The number of hydrogen-bond donors (Lipinski definition) is 1. The van der Waals surface area contributed by atoms with E-state index in [1.54, 1.807) is 7.11 Å². The summed E-state index contributed by atoms with van der Waals surface area (Å²) in [6.07, 6.45) is 3.78. The number of hydrogen-bond acceptors (Lipinski definition) is 3. The fourth-order valence-corrected chi connectivity index (χ4v) is 2.01. The highest BCUT2D eigenvalue weighted by Crippen LogP contribution is 2.51. The predicted molar refractivity (Wildman–Crippen MR) is 66.7 cm³/mol. The Morgan fingerprint density at radius 1 is 1.19 bits per heavy atom. The molecule has 0 amide bonds. The van der Waals surface area contributed by atoms with E-state index in [1.165, 1.54) is 12.8 Å². The van der Waals surface area contributed by atoms with Crippen LogP contribution in [0.1, 0.15) is 33.1 Å². The Labute approximate surface area is 99.9 Å². The second kappa shape index (κ2) is 7.25. The van der Waals surface area contributed by atoms with Crippen LogP contribution in [0.3, 0.4) is 0 Å². The largest absolute Gasteiger partial charge is 0.385 e. The van der Waals surface area contributed by atoms with Gasteiger partial charge in [0.15, 0.2) is 0 Å². The molecule has 0 saturated heterocycles. The van der Waals surface area contributed by atoms with Crippen molar-refractivity contribution in [1.29, 1.82) is 0 Å². The van der Waals surface area contributed by atoms with Crippen molar-refractivity contribution in [3.8, 4) is 0 Å². The molecule has 0 bridgehead atoms. The molecule has 3 heteroatoms. The second-order valence-electron chi connectivity index (χ2n) is 5.15. The van der Waals surface area contributed by atoms with E-state index < -0.39 is 0 Å². The third-order valence-electron chi connectivity index (χ3n) is 3.65. The van der Waals surface area contributed by atoms with Crippen LogP contribution in [0, 0.1) is 11.3 Å². The van der Waals surface area contributed by atoms with Gasteiger partial charge >= 0.3 is 0 Å². The minimum Gasteiger partial charge on any atom is -0.385 e. The van der Waals surface area contributed by atoms with E-state index in [1.807, 2.05) is 0 Å². The molecule has 0 aromatic carbocycles. The summed E-state index contributed by atoms with van der Waals surface area (Å²) >= 11 is 0. The van der Waals surface area contributed by atoms with Gasteiger partial charge in [-0.25, -0.2) is 0 Å². The molecule has 0 unspecified atom stereocenters. The molecule has 1 aliphatic carbocycles. The number of ether oxygens (including phenoxy) is 2. The van der Waals surface area contributed by atoms with Crippen molar-refractivity contribution in [2.75, 3.05) is 40.0 Å². The van der Waals surface area contributed by atoms with Gasteiger partial charge in [0.2, 0.25) is 0 Å². The second-order valence-corrected chi connectivity index (χ2v) is 5.15.